The summed E-state index contributed by atoms with van der Waals surface area (Å²) in [5.41, 5.74) is 0. The van der Waals surface area contributed by atoms with Crippen molar-refractivity contribution in [2.75, 3.05) is 40.9 Å². The van der Waals surface area contributed by atoms with E-state index in [9.17, 15) is 19.4 Å². The van der Waals surface area contributed by atoms with Crippen LogP contribution in [0.2, 0.25) is 0 Å². The highest BCUT2D eigenvalue weighted by Gasteiger charge is 2.23. The molecule has 9 heteroatoms. The van der Waals surface area contributed by atoms with Gasteiger partial charge in [0.05, 0.1) is 39.9 Å². The van der Waals surface area contributed by atoms with E-state index in [1.165, 1.54) is 295 Å². The van der Waals surface area contributed by atoms with Crippen LogP contribution in [0.3, 0.4) is 0 Å². The van der Waals surface area contributed by atoms with Gasteiger partial charge in [0.25, 0.3) is 7.82 Å². The molecule has 0 aromatic heterocycles. The second kappa shape index (κ2) is 63.9. The van der Waals surface area contributed by atoms with Crippen LogP contribution < -0.4 is 10.2 Å². The van der Waals surface area contributed by atoms with Crippen molar-refractivity contribution in [1.82, 2.24) is 5.32 Å². The predicted octanol–water partition coefficient (Wildman–Crippen LogP) is 22.4. The molecular weight excluding hydrogens is 1030 g/mol. The minimum Gasteiger partial charge on any atom is -0.756 e. The van der Waals surface area contributed by atoms with Gasteiger partial charge in [-0.25, -0.2) is 0 Å². The molecule has 0 heterocycles. The van der Waals surface area contributed by atoms with Gasteiger partial charge in [-0.1, -0.05) is 332 Å². The van der Waals surface area contributed by atoms with Gasteiger partial charge < -0.3 is 28.8 Å². The Morgan fingerprint density at radius 3 is 0.988 bits per heavy atom. The molecule has 0 saturated carbocycles. The van der Waals surface area contributed by atoms with Crippen LogP contribution in [-0.4, -0.2) is 68.5 Å². The number of rotatable bonds is 67. The van der Waals surface area contributed by atoms with Gasteiger partial charge in [0.15, 0.2) is 0 Å². The lowest BCUT2D eigenvalue weighted by Gasteiger charge is -2.29. The third-order valence-electron chi connectivity index (χ3n) is 16.5. The number of amides is 1. The number of phosphoric ester groups is 1. The Labute approximate surface area is 511 Å². The topological polar surface area (TPSA) is 108 Å². The molecule has 0 bridgehead atoms. The van der Waals surface area contributed by atoms with Gasteiger partial charge in [0, 0.05) is 6.42 Å². The summed E-state index contributed by atoms with van der Waals surface area (Å²) in [4.78, 5) is 25.6. The van der Waals surface area contributed by atoms with Gasteiger partial charge in [-0.15, -0.1) is 0 Å². The van der Waals surface area contributed by atoms with Crippen molar-refractivity contribution in [3.05, 3.63) is 48.6 Å². The monoisotopic (exact) mass is 1170 g/mol. The number of phosphoric acid groups is 1. The van der Waals surface area contributed by atoms with Crippen LogP contribution in [0.15, 0.2) is 48.6 Å². The number of hydrogen-bond acceptors (Lipinski definition) is 6. The van der Waals surface area contributed by atoms with E-state index in [1.807, 2.05) is 27.2 Å². The van der Waals surface area contributed by atoms with E-state index in [2.05, 4.69) is 55.6 Å². The molecule has 0 spiro atoms. The molecule has 0 aliphatic heterocycles. The molecule has 0 rings (SSSR count). The summed E-state index contributed by atoms with van der Waals surface area (Å²) in [6.45, 7) is 4.67. The molecule has 3 unspecified atom stereocenters. The number of likely N-dealkylation sites (N-methyl/N-ethyl adjacent to an activating group) is 1. The minimum absolute atomic E-state index is 0.00826. The summed E-state index contributed by atoms with van der Waals surface area (Å²) >= 11 is 0. The van der Waals surface area contributed by atoms with Gasteiger partial charge in [-0.2, -0.15) is 0 Å². The second-order valence-electron chi connectivity index (χ2n) is 25.9. The maximum Gasteiger partial charge on any atom is 0.268 e. The van der Waals surface area contributed by atoms with E-state index < -0.39 is 26.6 Å². The molecule has 0 aliphatic carbocycles. The third kappa shape index (κ3) is 66.0. The normalized spacial score (nSPS) is 13.9. The molecule has 0 radical (unpaired) electrons. The lowest BCUT2D eigenvalue weighted by molar-refractivity contribution is -0.870. The number of hydrogen-bond donors (Lipinski definition) is 2. The highest BCUT2D eigenvalue weighted by molar-refractivity contribution is 7.45. The first-order valence-corrected chi connectivity index (χ1v) is 37.5. The maximum absolute atomic E-state index is 13.0. The van der Waals surface area contributed by atoms with Gasteiger partial charge >= 0.3 is 0 Å². The summed E-state index contributed by atoms with van der Waals surface area (Å²) in [6, 6.07) is -0.911. The fraction of sp³-hybridized carbons (Fsp3) is 0.877. The minimum atomic E-state index is -4.62. The number of unbranched alkanes of at least 4 members (excludes halogenated alkanes) is 48. The first-order chi connectivity index (χ1) is 40.0. The predicted molar refractivity (Wildman–Crippen MR) is 358 cm³/mol. The SMILES string of the molecule is CCCCCCCCCC/C=C\CCCCCCCCCCCCCCCCCCCC(=O)NC(COP(=O)([O-])OCC[N+](C)(C)C)C(O)/C=C/CC/C=C/CC/C=C/CCCCCCCCCCCCCCCCCCCCCCC. The number of nitrogens with zero attached hydrogens (tertiary/aromatic N) is 1. The summed E-state index contributed by atoms with van der Waals surface area (Å²) in [7, 11) is 1.25. The number of carbonyl (C=O) groups excluding carboxylic acids is 1. The molecule has 0 aromatic rings. The lowest BCUT2D eigenvalue weighted by Crippen LogP contribution is -2.45. The van der Waals surface area contributed by atoms with E-state index in [0.717, 1.165) is 44.9 Å². The van der Waals surface area contributed by atoms with Gasteiger partial charge in [-0.05, 0) is 70.6 Å². The Morgan fingerprint density at radius 1 is 0.415 bits per heavy atom. The van der Waals surface area contributed by atoms with E-state index in [1.54, 1.807) is 6.08 Å². The van der Waals surface area contributed by atoms with Crippen LogP contribution in [0.5, 0.6) is 0 Å². The smallest absolute Gasteiger partial charge is 0.268 e. The van der Waals surface area contributed by atoms with Crippen LogP contribution in [0.4, 0.5) is 0 Å². The summed E-state index contributed by atoms with van der Waals surface area (Å²) in [5, 5.41) is 13.9. The van der Waals surface area contributed by atoms with Gasteiger partial charge in [0.1, 0.15) is 13.2 Å². The molecule has 0 aromatic carbocycles. The van der Waals surface area contributed by atoms with E-state index >= 15 is 0 Å². The molecule has 0 fully saturated rings. The van der Waals surface area contributed by atoms with Crippen LogP contribution in [-0.2, 0) is 18.4 Å². The number of allylic oxidation sites excluding steroid dienone is 7. The molecule has 3 atom stereocenters. The number of aliphatic hydroxyl groups excluding tert-OH is 1. The van der Waals surface area contributed by atoms with E-state index in [0.29, 0.717) is 17.4 Å². The van der Waals surface area contributed by atoms with Crippen molar-refractivity contribution in [1.29, 1.82) is 0 Å². The van der Waals surface area contributed by atoms with E-state index in [-0.39, 0.29) is 12.5 Å². The summed E-state index contributed by atoms with van der Waals surface area (Å²) in [5.74, 6) is -0.205. The highest BCUT2D eigenvalue weighted by Crippen LogP contribution is 2.38. The molecule has 1 amide bonds. The average molecular weight is 1170 g/mol. The first kappa shape index (κ1) is 80.5. The first-order valence-electron chi connectivity index (χ1n) is 36.0. The van der Waals surface area contributed by atoms with Crippen LogP contribution in [0, 0.1) is 0 Å². The average Bonchev–Trinajstić information content (AvgIpc) is 3.47. The number of carbonyl (C=O) groups is 1. The Balaban J connectivity index is 4.10. The number of quaternary nitrogens is 1. The molecular formula is C73H141N2O6P. The molecule has 484 valence electrons. The number of nitrogens with one attached hydrogen (secondary N) is 1. The van der Waals surface area contributed by atoms with Crippen molar-refractivity contribution in [3.8, 4) is 0 Å². The standard InChI is InChI=1S/C73H141N2O6P/c1-6-8-10-12-14-16-18-20-22-24-26-28-30-32-34-36-37-39-40-42-44-46-48-50-52-54-56-58-60-62-64-66-72(76)71(70-81-82(78,79)80-69-68-75(3,4)5)74-73(77)67-65-63-61-59-57-55-53-51-49-47-45-43-41-38-35-33-31-29-27-25-23-21-19-17-15-13-11-9-7-2/h25,27,48,50,56,58,64,66,71-72,76H,6-24,26,28-47,49,51-55,57,59-63,65,67-70H2,1-5H3,(H-,74,77,78,79)/b27-25-,50-48+,58-56+,66-64+. The molecule has 8 nitrogen and oxygen atoms in total. The lowest BCUT2D eigenvalue weighted by atomic mass is 10.0. The Kier molecular flexibility index (Phi) is 62.7. The third-order valence-corrected chi connectivity index (χ3v) is 17.5. The van der Waals surface area contributed by atoms with E-state index in [4.69, 9.17) is 9.05 Å². The fourth-order valence-electron chi connectivity index (χ4n) is 10.9. The van der Waals surface area contributed by atoms with Crippen molar-refractivity contribution < 1.29 is 32.9 Å². The second-order valence-corrected chi connectivity index (χ2v) is 27.3. The molecule has 2 N–H and O–H groups in total. The zero-order chi connectivity index (χ0) is 59.8. The summed E-state index contributed by atoms with van der Waals surface area (Å²) in [6.07, 6.45) is 86.8. The Hall–Kier alpha value is -1.54. The van der Waals surface area contributed by atoms with Crippen LogP contribution in [0.25, 0.3) is 0 Å². The molecule has 0 aliphatic rings. The van der Waals surface area contributed by atoms with Gasteiger partial charge in [-0.3, -0.25) is 9.36 Å². The summed E-state index contributed by atoms with van der Waals surface area (Å²) < 4.78 is 23.4. The Bertz CT molecular complexity index is 1480. The molecule has 0 saturated heterocycles. The van der Waals surface area contributed by atoms with Crippen molar-refractivity contribution in [2.24, 2.45) is 0 Å². The largest absolute Gasteiger partial charge is 0.756 e. The van der Waals surface area contributed by atoms with Crippen molar-refractivity contribution in [3.63, 3.8) is 0 Å². The zero-order valence-corrected chi connectivity index (χ0v) is 56.4. The maximum atomic E-state index is 13.0. The Morgan fingerprint density at radius 2 is 0.683 bits per heavy atom. The molecule has 82 heavy (non-hydrogen) atoms. The quantitative estimate of drug-likeness (QED) is 0.0272. The fourth-order valence-corrected chi connectivity index (χ4v) is 11.6. The van der Waals surface area contributed by atoms with Crippen LogP contribution >= 0.6 is 7.82 Å². The zero-order valence-electron chi connectivity index (χ0n) is 55.5. The number of aliphatic hydroxyl groups is 1. The van der Waals surface area contributed by atoms with Crippen LogP contribution in [0.1, 0.15) is 361 Å². The van der Waals surface area contributed by atoms with Crippen molar-refractivity contribution in [2.45, 2.75) is 373 Å². The van der Waals surface area contributed by atoms with Gasteiger partial charge in [0.2, 0.25) is 5.91 Å². The highest BCUT2D eigenvalue weighted by atomic mass is 31.2. The van der Waals surface area contributed by atoms with Crippen molar-refractivity contribution >= 4 is 13.7 Å².